The molecule has 156 valence electrons. The number of rotatable bonds is 7. The summed E-state index contributed by atoms with van der Waals surface area (Å²) in [7, 11) is 1.70. The van der Waals surface area contributed by atoms with Gasteiger partial charge in [-0.25, -0.2) is 17.6 Å². The van der Waals surface area contributed by atoms with E-state index < -0.39 is 35.7 Å². The molecule has 29 heavy (non-hydrogen) atoms. The lowest BCUT2D eigenvalue weighted by molar-refractivity contribution is -0.136. The average Bonchev–Trinajstić information content (AvgIpc) is 3.04. The van der Waals surface area contributed by atoms with E-state index in [0.29, 0.717) is 11.1 Å². The Kier molecular flexibility index (Phi) is 5.95. The quantitative estimate of drug-likeness (QED) is 0.686. The van der Waals surface area contributed by atoms with Crippen molar-refractivity contribution in [1.29, 1.82) is 0 Å². The second kappa shape index (κ2) is 8.26. The number of ether oxygens (including phenoxy) is 1. The lowest BCUT2D eigenvalue weighted by Crippen LogP contribution is -2.24. The van der Waals surface area contributed by atoms with Crippen molar-refractivity contribution >= 4 is 11.5 Å². The number of alkyl halides is 2. The van der Waals surface area contributed by atoms with Crippen molar-refractivity contribution in [3.63, 3.8) is 0 Å². The van der Waals surface area contributed by atoms with Crippen LogP contribution in [0, 0.1) is 11.6 Å². The number of carboxylic acids is 1. The summed E-state index contributed by atoms with van der Waals surface area (Å²) in [5.74, 6) is -6.68. The van der Waals surface area contributed by atoms with E-state index in [4.69, 9.17) is 9.84 Å². The van der Waals surface area contributed by atoms with Crippen molar-refractivity contribution in [2.24, 2.45) is 7.05 Å². The maximum atomic E-state index is 14.3. The van der Waals surface area contributed by atoms with Crippen molar-refractivity contribution < 1.29 is 32.2 Å². The largest absolute Gasteiger partial charge is 0.483 e. The van der Waals surface area contributed by atoms with Crippen LogP contribution in [0.3, 0.4) is 0 Å². The van der Waals surface area contributed by atoms with Gasteiger partial charge in [-0.3, -0.25) is 9.48 Å². The van der Waals surface area contributed by atoms with Gasteiger partial charge in [0.05, 0.1) is 6.20 Å². The molecule has 0 aliphatic heterocycles. The maximum absolute atomic E-state index is 14.3. The van der Waals surface area contributed by atoms with E-state index in [-0.39, 0.29) is 43.4 Å². The number of halogens is 4. The molecule has 1 aromatic heterocycles. The molecule has 0 atom stereocenters. The molecule has 1 heterocycles. The first kappa shape index (κ1) is 20.9. The molecule has 1 aliphatic carbocycles. The smallest absolute Gasteiger partial charge is 0.303 e. The van der Waals surface area contributed by atoms with Crippen LogP contribution in [0.15, 0.2) is 30.1 Å². The van der Waals surface area contributed by atoms with Gasteiger partial charge in [0, 0.05) is 38.1 Å². The van der Waals surface area contributed by atoms with E-state index >= 15 is 0 Å². The Labute approximate surface area is 164 Å². The summed E-state index contributed by atoms with van der Waals surface area (Å²) in [6.07, 6.45) is 2.17. The minimum Gasteiger partial charge on any atom is -0.483 e. The van der Waals surface area contributed by atoms with Crippen molar-refractivity contribution in [2.75, 3.05) is 6.61 Å². The zero-order valence-electron chi connectivity index (χ0n) is 15.7. The standard InChI is InChI=1S/C20H20F4N2O3/c1-26-10-14(9-25-26)15-4-5-20(23,24)8-13(15)11-29-19-16(21)6-12(7-17(19)22)2-3-18(27)28/h6-7,9-10H,2-5,8,11H2,1H3,(H,27,28). The number of carboxylic acid groups (broad SMARTS) is 1. The Balaban J connectivity index is 1.82. The van der Waals surface area contributed by atoms with Gasteiger partial charge in [0.25, 0.3) is 5.92 Å². The zero-order valence-corrected chi connectivity index (χ0v) is 15.7. The Morgan fingerprint density at radius 3 is 2.59 bits per heavy atom. The van der Waals surface area contributed by atoms with E-state index in [2.05, 4.69) is 5.10 Å². The number of benzene rings is 1. The highest BCUT2D eigenvalue weighted by Gasteiger charge is 2.36. The summed E-state index contributed by atoms with van der Waals surface area (Å²) in [5, 5.41) is 12.7. The Hall–Kier alpha value is -2.84. The van der Waals surface area contributed by atoms with Crippen molar-refractivity contribution in [1.82, 2.24) is 9.78 Å². The molecule has 0 amide bonds. The van der Waals surface area contributed by atoms with Crippen LogP contribution in [0.2, 0.25) is 0 Å². The second-order valence-corrected chi connectivity index (χ2v) is 7.09. The molecule has 0 spiro atoms. The van der Waals surface area contributed by atoms with Crippen LogP contribution < -0.4 is 4.74 Å². The molecule has 3 rings (SSSR count). The minimum atomic E-state index is -2.91. The molecule has 0 saturated heterocycles. The first-order valence-electron chi connectivity index (χ1n) is 9.05. The number of carbonyl (C=O) groups is 1. The molecule has 2 aromatic rings. The topological polar surface area (TPSA) is 64.3 Å². The molecular weight excluding hydrogens is 392 g/mol. The van der Waals surface area contributed by atoms with Crippen LogP contribution >= 0.6 is 0 Å². The fourth-order valence-corrected chi connectivity index (χ4v) is 3.36. The minimum absolute atomic E-state index is 0.0357. The highest BCUT2D eigenvalue weighted by atomic mass is 19.3. The Morgan fingerprint density at radius 1 is 1.31 bits per heavy atom. The number of nitrogens with zero attached hydrogens (tertiary/aromatic N) is 2. The van der Waals surface area contributed by atoms with Gasteiger partial charge in [-0.2, -0.15) is 5.10 Å². The van der Waals surface area contributed by atoms with Gasteiger partial charge in [-0.1, -0.05) is 0 Å². The van der Waals surface area contributed by atoms with E-state index in [1.807, 2.05) is 0 Å². The van der Waals surface area contributed by atoms with Crippen LogP contribution in [-0.2, 0) is 18.3 Å². The summed E-state index contributed by atoms with van der Waals surface area (Å²) in [5.41, 5.74) is 1.76. The van der Waals surface area contributed by atoms with Gasteiger partial charge in [0.1, 0.15) is 6.61 Å². The fraction of sp³-hybridized carbons (Fsp3) is 0.400. The lowest BCUT2D eigenvalue weighted by Gasteiger charge is -2.27. The van der Waals surface area contributed by atoms with Gasteiger partial charge in [-0.15, -0.1) is 0 Å². The molecule has 5 nitrogen and oxygen atoms in total. The Morgan fingerprint density at radius 2 is 2.00 bits per heavy atom. The van der Waals surface area contributed by atoms with Crippen molar-refractivity contribution in [3.05, 3.63) is 52.9 Å². The van der Waals surface area contributed by atoms with Gasteiger partial charge in [0.15, 0.2) is 17.4 Å². The van der Waals surface area contributed by atoms with Crippen LogP contribution in [0.5, 0.6) is 5.75 Å². The van der Waals surface area contributed by atoms with Gasteiger partial charge >= 0.3 is 5.97 Å². The van der Waals surface area contributed by atoms with Crippen molar-refractivity contribution in [2.45, 2.75) is 38.0 Å². The number of hydrogen-bond acceptors (Lipinski definition) is 3. The summed E-state index contributed by atoms with van der Waals surface area (Å²) >= 11 is 0. The van der Waals surface area contributed by atoms with Crippen molar-refractivity contribution in [3.8, 4) is 5.75 Å². The number of aliphatic carboxylic acids is 1. The summed E-state index contributed by atoms with van der Waals surface area (Å²) in [6, 6.07) is 1.99. The molecular formula is C20H20F4N2O3. The fourth-order valence-electron chi connectivity index (χ4n) is 3.36. The third-order valence-corrected chi connectivity index (χ3v) is 4.77. The molecule has 9 heteroatoms. The van der Waals surface area contributed by atoms with E-state index in [1.54, 1.807) is 24.1 Å². The normalized spacial score (nSPS) is 16.2. The number of allylic oxidation sites excluding steroid dienone is 1. The summed E-state index contributed by atoms with van der Waals surface area (Å²) < 4.78 is 63.2. The van der Waals surface area contributed by atoms with Crippen LogP contribution in [0.1, 0.15) is 36.8 Å². The predicted octanol–water partition coefficient (Wildman–Crippen LogP) is 4.37. The first-order chi connectivity index (χ1) is 13.6. The Bertz CT molecular complexity index is 930. The third-order valence-electron chi connectivity index (χ3n) is 4.77. The number of aryl methyl sites for hydroxylation is 2. The number of aromatic nitrogens is 2. The monoisotopic (exact) mass is 412 g/mol. The third kappa shape index (κ3) is 5.16. The molecule has 0 fully saturated rings. The lowest BCUT2D eigenvalue weighted by atomic mass is 9.86. The van der Waals surface area contributed by atoms with Gasteiger partial charge in [-0.05, 0) is 41.7 Å². The summed E-state index contributed by atoms with van der Waals surface area (Å²) in [4.78, 5) is 10.6. The zero-order chi connectivity index (χ0) is 21.2. The first-order valence-corrected chi connectivity index (χ1v) is 9.05. The molecule has 1 N–H and O–H groups in total. The van der Waals surface area contributed by atoms with E-state index in [0.717, 1.165) is 12.1 Å². The number of hydrogen-bond donors (Lipinski definition) is 1. The van der Waals surface area contributed by atoms with Crippen LogP contribution in [0.25, 0.3) is 5.57 Å². The molecule has 0 unspecified atom stereocenters. The van der Waals surface area contributed by atoms with Crippen LogP contribution in [0.4, 0.5) is 17.6 Å². The SMILES string of the molecule is Cn1cc(C2=C(COc3c(F)cc(CCC(=O)O)cc3F)CC(F)(F)CC2)cn1. The van der Waals surface area contributed by atoms with Gasteiger partial charge < -0.3 is 9.84 Å². The molecule has 1 aromatic carbocycles. The second-order valence-electron chi connectivity index (χ2n) is 7.09. The van der Waals surface area contributed by atoms with Crippen LogP contribution in [-0.4, -0.2) is 33.4 Å². The maximum Gasteiger partial charge on any atom is 0.303 e. The molecule has 1 aliphatic rings. The summed E-state index contributed by atoms with van der Waals surface area (Å²) in [6.45, 7) is -0.387. The highest BCUT2D eigenvalue weighted by Crippen LogP contribution is 2.41. The highest BCUT2D eigenvalue weighted by molar-refractivity contribution is 5.69. The molecule has 0 bridgehead atoms. The van der Waals surface area contributed by atoms with E-state index in [9.17, 15) is 22.4 Å². The average molecular weight is 412 g/mol. The molecule has 0 saturated carbocycles. The molecule has 0 radical (unpaired) electrons. The van der Waals surface area contributed by atoms with Gasteiger partial charge in [0.2, 0.25) is 0 Å². The predicted molar refractivity (Wildman–Crippen MR) is 96.7 cm³/mol. The van der Waals surface area contributed by atoms with E-state index in [1.165, 1.54) is 0 Å².